The molecular formula is C36H46ClN5O6. The van der Waals surface area contributed by atoms with E-state index in [1.807, 2.05) is 61.6 Å². The Morgan fingerprint density at radius 2 is 1.60 bits per heavy atom. The molecule has 0 bridgehead atoms. The van der Waals surface area contributed by atoms with Crippen LogP contribution in [0.5, 0.6) is 5.75 Å². The molecule has 48 heavy (non-hydrogen) atoms. The van der Waals surface area contributed by atoms with Crippen molar-refractivity contribution in [3.63, 3.8) is 0 Å². The fourth-order valence-corrected chi connectivity index (χ4v) is 5.65. The van der Waals surface area contributed by atoms with Crippen molar-refractivity contribution in [1.29, 1.82) is 0 Å². The fourth-order valence-electron chi connectivity index (χ4n) is 5.42. The summed E-state index contributed by atoms with van der Waals surface area (Å²) in [5.74, 6) is 0.0872. The summed E-state index contributed by atoms with van der Waals surface area (Å²) in [4.78, 5) is 39.7. The maximum absolute atomic E-state index is 12.8. The average molecular weight is 680 g/mol. The first-order chi connectivity index (χ1) is 23.4. The summed E-state index contributed by atoms with van der Waals surface area (Å²) < 4.78 is 16.7. The third kappa shape index (κ3) is 11.8. The number of alkyl carbamates (subject to hydrolysis) is 1. The van der Waals surface area contributed by atoms with Crippen LogP contribution in [0.3, 0.4) is 0 Å². The quantitative estimate of drug-likeness (QED) is 0.134. The molecule has 0 atom stereocenters. The van der Waals surface area contributed by atoms with Gasteiger partial charge < -0.3 is 40.4 Å². The summed E-state index contributed by atoms with van der Waals surface area (Å²) in [5, 5.41) is 12.0. The van der Waals surface area contributed by atoms with E-state index in [0.717, 1.165) is 62.1 Å². The van der Waals surface area contributed by atoms with Crippen LogP contribution >= 0.6 is 11.6 Å². The van der Waals surface area contributed by atoms with Gasteiger partial charge in [0.25, 0.3) is 0 Å². The number of amides is 3. The molecule has 258 valence electrons. The SMILES string of the molecule is CNCCCCNC(=O)OCc1cc(Cl)c(NC(=O)CCN2CCC(OCC(=O)Nc3ccccc3-c3ccccc3)CC2)cc1OC. The number of methoxy groups -OCH3 is 1. The zero-order valence-corrected chi connectivity index (χ0v) is 28.4. The Morgan fingerprint density at radius 3 is 2.35 bits per heavy atom. The highest BCUT2D eigenvalue weighted by atomic mass is 35.5. The number of anilines is 2. The first kappa shape index (κ1) is 36.7. The predicted octanol–water partition coefficient (Wildman–Crippen LogP) is 5.69. The van der Waals surface area contributed by atoms with Gasteiger partial charge in [-0.1, -0.05) is 60.1 Å². The molecule has 3 aromatic rings. The van der Waals surface area contributed by atoms with Gasteiger partial charge in [0.2, 0.25) is 11.8 Å². The van der Waals surface area contributed by atoms with Crippen LogP contribution in [0.4, 0.5) is 16.2 Å². The molecule has 4 N–H and O–H groups in total. The van der Waals surface area contributed by atoms with E-state index in [0.29, 0.717) is 35.1 Å². The summed E-state index contributed by atoms with van der Waals surface area (Å²) in [6.45, 7) is 3.49. The molecule has 1 heterocycles. The largest absolute Gasteiger partial charge is 0.496 e. The summed E-state index contributed by atoms with van der Waals surface area (Å²) in [5.41, 5.74) is 3.76. The molecule has 0 spiro atoms. The zero-order valence-electron chi connectivity index (χ0n) is 27.7. The number of benzene rings is 3. The van der Waals surface area contributed by atoms with E-state index in [-0.39, 0.29) is 37.6 Å². The van der Waals surface area contributed by atoms with Gasteiger partial charge in [0, 0.05) is 55.5 Å². The van der Waals surface area contributed by atoms with Gasteiger partial charge in [-0.05, 0) is 57.0 Å². The van der Waals surface area contributed by atoms with Crippen LogP contribution in [-0.4, -0.2) is 82.4 Å². The van der Waals surface area contributed by atoms with Crippen LogP contribution in [0.2, 0.25) is 5.02 Å². The van der Waals surface area contributed by atoms with Gasteiger partial charge in [0.1, 0.15) is 19.0 Å². The number of likely N-dealkylation sites (tertiary alicyclic amines) is 1. The molecule has 1 fully saturated rings. The number of nitrogens with zero attached hydrogens (tertiary/aromatic N) is 1. The number of hydrogen-bond donors (Lipinski definition) is 4. The molecule has 0 radical (unpaired) electrons. The number of carbonyl (C=O) groups excluding carboxylic acids is 3. The Hall–Kier alpha value is -4.16. The molecular weight excluding hydrogens is 634 g/mol. The van der Waals surface area contributed by atoms with Crippen LogP contribution in [0.25, 0.3) is 11.1 Å². The third-order valence-corrected chi connectivity index (χ3v) is 8.36. The number of para-hydroxylation sites is 1. The van der Waals surface area contributed by atoms with Gasteiger partial charge in [-0.2, -0.15) is 0 Å². The van der Waals surface area contributed by atoms with Crippen molar-refractivity contribution in [2.75, 3.05) is 64.1 Å². The fraction of sp³-hybridized carbons (Fsp3) is 0.417. The highest BCUT2D eigenvalue weighted by Crippen LogP contribution is 2.32. The van der Waals surface area contributed by atoms with E-state index in [2.05, 4.69) is 26.2 Å². The van der Waals surface area contributed by atoms with Gasteiger partial charge in [-0.3, -0.25) is 9.59 Å². The van der Waals surface area contributed by atoms with Crippen molar-refractivity contribution in [3.8, 4) is 16.9 Å². The molecule has 3 amide bonds. The first-order valence-electron chi connectivity index (χ1n) is 16.4. The molecule has 0 aliphatic carbocycles. The number of rotatable bonds is 17. The topological polar surface area (TPSA) is 130 Å². The van der Waals surface area contributed by atoms with Gasteiger partial charge >= 0.3 is 6.09 Å². The summed E-state index contributed by atoms with van der Waals surface area (Å²) in [7, 11) is 3.39. The average Bonchev–Trinajstić information content (AvgIpc) is 3.10. The lowest BCUT2D eigenvalue weighted by Gasteiger charge is -2.31. The Kier molecular flexibility index (Phi) is 15.0. The van der Waals surface area contributed by atoms with E-state index in [4.69, 9.17) is 25.8 Å². The molecule has 3 aromatic carbocycles. The second kappa shape index (κ2) is 19.6. The lowest BCUT2D eigenvalue weighted by Crippen LogP contribution is -2.39. The number of hydrogen-bond acceptors (Lipinski definition) is 8. The van der Waals surface area contributed by atoms with Crippen molar-refractivity contribution >= 4 is 40.9 Å². The third-order valence-electron chi connectivity index (χ3n) is 8.05. The molecule has 12 heteroatoms. The van der Waals surface area contributed by atoms with Crippen molar-refractivity contribution in [1.82, 2.24) is 15.5 Å². The molecule has 0 unspecified atom stereocenters. The zero-order chi connectivity index (χ0) is 34.1. The molecule has 11 nitrogen and oxygen atoms in total. The lowest BCUT2D eigenvalue weighted by molar-refractivity contribution is -0.124. The predicted molar refractivity (Wildman–Crippen MR) is 189 cm³/mol. The Morgan fingerprint density at radius 1 is 0.896 bits per heavy atom. The van der Waals surface area contributed by atoms with Crippen LogP contribution in [0.1, 0.15) is 37.7 Å². The maximum Gasteiger partial charge on any atom is 0.407 e. The number of halogens is 1. The minimum absolute atomic E-state index is 0.0181. The van der Waals surface area contributed by atoms with E-state index in [1.165, 1.54) is 7.11 Å². The van der Waals surface area contributed by atoms with E-state index < -0.39 is 6.09 Å². The maximum atomic E-state index is 12.8. The molecule has 0 aromatic heterocycles. The molecule has 1 aliphatic heterocycles. The van der Waals surface area contributed by atoms with Crippen molar-refractivity contribution in [2.45, 2.75) is 44.8 Å². The molecule has 0 saturated carbocycles. The number of carbonyl (C=O) groups is 3. The van der Waals surface area contributed by atoms with Gasteiger partial charge in [-0.25, -0.2) is 4.79 Å². The first-order valence-corrected chi connectivity index (χ1v) is 16.7. The Bertz CT molecular complexity index is 1480. The molecule has 1 saturated heterocycles. The smallest absolute Gasteiger partial charge is 0.407 e. The highest BCUT2D eigenvalue weighted by molar-refractivity contribution is 6.33. The van der Waals surface area contributed by atoms with Crippen LogP contribution < -0.4 is 26.0 Å². The highest BCUT2D eigenvalue weighted by Gasteiger charge is 2.22. The number of ether oxygens (including phenoxy) is 3. The summed E-state index contributed by atoms with van der Waals surface area (Å²) in [6.07, 6.45) is 3.10. The summed E-state index contributed by atoms with van der Waals surface area (Å²) >= 11 is 6.46. The second-order valence-electron chi connectivity index (χ2n) is 11.6. The van der Waals surface area contributed by atoms with Gasteiger partial charge in [0.05, 0.1) is 23.9 Å². The van der Waals surface area contributed by atoms with Crippen LogP contribution in [-0.2, 0) is 25.7 Å². The minimum atomic E-state index is -0.517. The van der Waals surface area contributed by atoms with Crippen LogP contribution in [0.15, 0.2) is 66.7 Å². The van der Waals surface area contributed by atoms with Gasteiger partial charge in [-0.15, -0.1) is 0 Å². The van der Waals surface area contributed by atoms with E-state index in [1.54, 1.807) is 12.1 Å². The number of nitrogens with one attached hydrogen (secondary N) is 4. The molecule has 1 aliphatic rings. The van der Waals surface area contributed by atoms with E-state index in [9.17, 15) is 14.4 Å². The second-order valence-corrected chi connectivity index (χ2v) is 12.0. The molecule has 4 rings (SSSR count). The monoisotopic (exact) mass is 679 g/mol. The normalized spacial score (nSPS) is 13.5. The van der Waals surface area contributed by atoms with Gasteiger partial charge in [0.15, 0.2) is 0 Å². The minimum Gasteiger partial charge on any atom is -0.496 e. The van der Waals surface area contributed by atoms with E-state index >= 15 is 0 Å². The van der Waals surface area contributed by atoms with Crippen molar-refractivity contribution < 1.29 is 28.6 Å². The van der Waals surface area contributed by atoms with Crippen molar-refractivity contribution in [2.24, 2.45) is 0 Å². The van der Waals surface area contributed by atoms with Crippen LogP contribution in [0, 0.1) is 0 Å². The van der Waals surface area contributed by atoms with Crippen molar-refractivity contribution in [3.05, 3.63) is 77.3 Å². The number of unbranched alkanes of at least 4 members (excludes halogenated alkanes) is 1. The summed E-state index contributed by atoms with van der Waals surface area (Å²) in [6, 6.07) is 20.9. The Labute approximate surface area is 287 Å². The number of piperidine rings is 1. The Balaban J connectivity index is 1.15. The standard InChI is InChI=1S/C36H46ClN5O6/c1-38-17-8-9-18-39-36(45)48-24-27-22-30(37)32(23-33(27)46-2)41-34(43)16-21-42-19-14-28(15-20-42)47-25-35(44)40-31-13-7-6-12-29(31)26-10-4-3-5-11-26/h3-7,10-13,22-23,28,38H,8-9,14-21,24-25H2,1-2H3,(H,39,45)(H,40,44)(H,41,43). The lowest BCUT2D eigenvalue weighted by atomic mass is 10.0.